The molecule has 2 heterocycles. The number of amides is 1. The van der Waals surface area contributed by atoms with E-state index in [2.05, 4.69) is 0 Å². The van der Waals surface area contributed by atoms with Gasteiger partial charge in [-0.2, -0.15) is 0 Å². The lowest BCUT2D eigenvalue weighted by Gasteiger charge is -2.26. The van der Waals surface area contributed by atoms with Crippen LogP contribution in [0.25, 0.3) is 0 Å². The van der Waals surface area contributed by atoms with Crippen molar-refractivity contribution in [1.29, 1.82) is 0 Å². The van der Waals surface area contributed by atoms with Crippen molar-refractivity contribution in [2.24, 2.45) is 7.05 Å². The van der Waals surface area contributed by atoms with E-state index in [-0.39, 0.29) is 18.1 Å². The first kappa shape index (κ1) is 13.4. The standard InChI is InChI=1S/C12H18N4O3/c1-14-7-9(13)11(18)16(12(14)19)8-10(17)15-5-3-2-4-6-15/h7H,2-6,8,13H2,1H3. The third kappa shape index (κ3) is 2.69. The molecule has 1 aliphatic rings. The summed E-state index contributed by atoms with van der Waals surface area (Å²) in [6, 6.07) is 0. The molecule has 7 nitrogen and oxygen atoms in total. The van der Waals surface area contributed by atoms with Crippen LogP contribution in [0.2, 0.25) is 0 Å². The summed E-state index contributed by atoms with van der Waals surface area (Å²) in [5.74, 6) is -0.204. The monoisotopic (exact) mass is 266 g/mol. The van der Waals surface area contributed by atoms with Crippen LogP contribution in [-0.4, -0.2) is 33.0 Å². The molecule has 0 unspecified atom stereocenters. The van der Waals surface area contributed by atoms with Gasteiger partial charge in [-0.25, -0.2) is 9.36 Å². The second-order valence-electron chi connectivity index (χ2n) is 4.81. The number of hydrogen-bond donors (Lipinski definition) is 1. The number of nitrogen functional groups attached to an aromatic ring is 1. The highest BCUT2D eigenvalue weighted by atomic mass is 16.2. The molecule has 19 heavy (non-hydrogen) atoms. The molecule has 104 valence electrons. The van der Waals surface area contributed by atoms with E-state index in [1.54, 1.807) is 4.90 Å². The van der Waals surface area contributed by atoms with Crippen LogP contribution in [0, 0.1) is 0 Å². The molecule has 1 aliphatic heterocycles. The highest BCUT2D eigenvalue weighted by molar-refractivity contribution is 5.76. The lowest BCUT2D eigenvalue weighted by Crippen LogP contribution is -2.45. The smallest absolute Gasteiger partial charge is 0.331 e. The minimum Gasteiger partial charge on any atom is -0.393 e. The molecular weight excluding hydrogens is 248 g/mol. The summed E-state index contributed by atoms with van der Waals surface area (Å²) < 4.78 is 2.10. The van der Waals surface area contributed by atoms with Crippen molar-refractivity contribution >= 4 is 11.6 Å². The number of aromatic nitrogens is 2. The fourth-order valence-corrected chi connectivity index (χ4v) is 2.27. The Bertz CT molecular complexity index is 562. The molecular formula is C12H18N4O3. The molecule has 0 saturated carbocycles. The molecule has 1 amide bonds. The van der Waals surface area contributed by atoms with Gasteiger partial charge >= 0.3 is 5.69 Å². The number of hydrogen-bond acceptors (Lipinski definition) is 4. The summed E-state index contributed by atoms with van der Waals surface area (Å²) in [6.07, 6.45) is 4.32. The van der Waals surface area contributed by atoms with Crippen molar-refractivity contribution in [3.63, 3.8) is 0 Å². The zero-order valence-corrected chi connectivity index (χ0v) is 11.0. The highest BCUT2D eigenvalue weighted by Gasteiger charge is 2.19. The predicted molar refractivity (Wildman–Crippen MR) is 70.8 cm³/mol. The van der Waals surface area contributed by atoms with Crippen molar-refractivity contribution in [3.05, 3.63) is 27.0 Å². The molecule has 1 fully saturated rings. The molecule has 0 bridgehead atoms. The molecule has 1 aromatic rings. The average molecular weight is 266 g/mol. The zero-order chi connectivity index (χ0) is 14.0. The average Bonchev–Trinajstić information content (AvgIpc) is 2.42. The number of piperidine rings is 1. The van der Waals surface area contributed by atoms with Crippen molar-refractivity contribution in [3.8, 4) is 0 Å². The van der Waals surface area contributed by atoms with Crippen molar-refractivity contribution in [1.82, 2.24) is 14.0 Å². The third-order valence-corrected chi connectivity index (χ3v) is 3.36. The number of likely N-dealkylation sites (tertiary alicyclic amines) is 1. The number of carbonyl (C=O) groups is 1. The van der Waals surface area contributed by atoms with Crippen LogP contribution in [0.5, 0.6) is 0 Å². The maximum Gasteiger partial charge on any atom is 0.331 e. The molecule has 0 radical (unpaired) electrons. The Labute approximate surface area is 110 Å². The Morgan fingerprint density at radius 1 is 1.26 bits per heavy atom. The van der Waals surface area contributed by atoms with Crippen molar-refractivity contribution < 1.29 is 4.79 Å². The van der Waals surface area contributed by atoms with Crippen LogP contribution in [0.4, 0.5) is 5.69 Å². The predicted octanol–water partition coefficient (Wildman–Crippen LogP) is -0.858. The number of aryl methyl sites for hydroxylation is 1. The van der Waals surface area contributed by atoms with Gasteiger partial charge in [-0.15, -0.1) is 0 Å². The van der Waals surface area contributed by atoms with E-state index in [4.69, 9.17) is 5.73 Å². The van der Waals surface area contributed by atoms with E-state index in [1.807, 2.05) is 0 Å². The van der Waals surface area contributed by atoms with Gasteiger partial charge < -0.3 is 15.2 Å². The number of nitrogens with two attached hydrogens (primary N) is 1. The van der Waals surface area contributed by atoms with Crippen LogP contribution in [0.1, 0.15) is 19.3 Å². The molecule has 0 atom stereocenters. The molecule has 2 rings (SSSR count). The second kappa shape index (κ2) is 5.29. The van der Waals surface area contributed by atoms with E-state index < -0.39 is 11.2 Å². The number of anilines is 1. The third-order valence-electron chi connectivity index (χ3n) is 3.36. The molecule has 0 aliphatic carbocycles. The van der Waals surface area contributed by atoms with Crippen LogP contribution in [-0.2, 0) is 18.4 Å². The minimum absolute atomic E-state index is 0.0338. The van der Waals surface area contributed by atoms with Crippen LogP contribution < -0.4 is 17.0 Å². The zero-order valence-electron chi connectivity index (χ0n) is 11.0. The maximum atomic E-state index is 12.1. The Kier molecular flexibility index (Phi) is 3.73. The SMILES string of the molecule is Cn1cc(N)c(=O)n(CC(=O)N2CCCCC2)c1=O. The molecule has 0 spiro atoms. The summed E-state index contributed by atoms with van der Waals surface area (Å²) in [4.78, 5) is 37.4. The number of carbonyl (C=O) groups excluding carboxylic acids is 1. The van der Waals surface area contributed by atoms with E-state index in [0.29, 0.717) is 13.1 Å². The van der Waals surface area contributed by atoms with Crippen LogP contribution in [0.3, 0.4) is 0 Å². The second-order valence-corrected chi connectivity index (χ2v) is 4.81. The minimum atomic E-state index is -0.603. The lowest BCUT2D eigenvalue weighted by molar-refractivity contribution is -0.132. The van der Waals surface area contributed by atoms with E-state index in [1.165, 1.54) is 17.8 Å². The first-order valence-electron chi connectivity index (χ1n) is 6.34. The van der Waals surface area contributed by atoms with Crippen molar-refractivity contribution in [2.75, 3.05) is 18.8 Å². The van der Waals surface area contributed by atoms with Crippen molar-refractivity contribution in [2.45, 2.75) is 25.8 Å². The van der Waals surface area contributed by atoms with Crippen LogP contribution >= 0.6 is 0 Å². The van der Waals surface area contributed by atoms with E-state index in [9.17, 15) is 14.4 Å². The summed E-state index contributed by atoms with van der Waals surface area (Å²) in [5.41, 5.74) is 4.37. The number of nitrogens with zero attached hydrogens (tertiary/aromatic N) is 3. The van der Waals surface area contributed by atoms with Gasteiger partial charge in [-0.3, -0.25) is 9.59 Å². The first-order chi connectivity index (χ1) is 9.00. The van der Waals surface area contributed by atoms with Gasteiger partial charge in [0.05, 0.1) is 0 Å². The topological polar surface area (TPSA) is 90.3 Å². The fourth-order valence-electron chi connectivity index (χ4n) is 2.27. The lowest BCUT2D eigenvalue weighted by atomic mass is 10.1. The van der Waals surface area contributed by atoms with E-state index >= 15 is 0 Å². The largest absolute Gasteiger partial charge is 0.393 e. The summed E-state index contributed by atoms with van der Waals surface area (Å²) in [5, 5.41) is 0. The Morgan fingerprint density at radius 2 is 1.89 bits per heavy atom. The highest BCUT2D eigenvalue weighted by Crippen LogP contribution is 2.08. The Hall–Kier alpha value is -2.05. The molecule has 2 N–H and O–H groups in total. The normalized spacial score (nSPS) is 15.5. The van der Waals surface area contributed by atoms with Crippen LogP contribution in [0.15, 0.2) is 15.8 Å². The van der Waals surface area contributed by atoms with E-state index in [0.717, 1.165) is 23.8 Å². The quantitative estimate of drug-likeness (QED) is 0.754. The van der Waals surface area contributed by atoms with Gasteiger partial charge in [0.15, 0.2) is 0 Å². The first-order valence-corrected chi connectivity index (χ1v) is 6.34. The molecule has 1 saturated heterocycles. The maximum absolute atomic E-state index is 12.1. The number of rotatable bonds is 2. The molecule has 0 aromatic carbocycles. The Morgan fingerprint density at radius 3 is 2.53 bits per heavy atom. The van der Waals surface area contributed by atoms with Gasteiger partial charge in [-0.1, -0.05) is 0 Å². The van der Waals surface area contributed by atoms with Gasteiger partial charge in [0, 0.05) is 26.3 Å². The van der Waals surface area contributed by atoms with Gasteiger partial charge in [-0.05, 0) is 19.3 Å². The van der Waals surface area contributed by atoms with Gasteiger partial charge in [0.1, 0.15) is 12.2 Å². The Balaban J connectivity index is 2.26. The molecule has 7 heteroatoms. The summed E-state index contributed by atoms with van der Waals surface area (Å²) in [7, 11) is 1.50. The van der Waals surface area contributed by atoms with Gasteiger partial charge in [0.2, 0.25) is 5.91 Å². The molecule has 1 aromatic heterocycles. The van der Waals surface area contributed by atoms with Gasteiger partial charge in [0.25, 0.3) is 5.56 Å². The summed E-state index contributed by atoms with van der Waals surface area (Å²) in [6.45, 7) is 1.14. The summed E-state index contributed by atoms with van der Waals surface area (Å²) >= 11 is 0. The fraction of sp³-hybridized carbons (Fsp3) is 0.583.